The van der Waals surface area contributed by atoms with Crippen LogP contribution in [0.2, 0.25) is 0 Å². The Kier molecular flexibility index (Phi) is 5.76. The van der Waals surface area contributed by atoms with Gasteiger partial charge in [-0.1, -0.05) is 120 Å². The number of hydrogen-bond donors (Lipinski definition) is 1. The lowest BCUT2D eigenvalue weighted by molar-refractivity contribution is 1.26. The summed E-state index contributed by atoms with van der Waals surface area (Å²) in [5.74, 6) is 0. The first kappa shape index (κ1) is 26.3. The monoisotopic (exact) mass is 596 g/mol. The van der Waals surface area contributed by atoms with E-state index in [0.29, 0.717) is 0 Å². The van der Waals surface area contributed by atoms with Gasteiger partial charge in [-0.05, 0) is 76.5 Å². The molecule has 0 fully saturated rings. The zero-order valence-electron chi connectivity index (χ0n) is 25.6. The predicted octanol–water partition coefficient (Wildman–Crippen LogP) is 7.15. The standard InChI is InChI=1S/C42H28B2N3/c1-3-15-28(16-4-1)45-35-23-11-7-19-30(35)31-27-39-41-42-40(31)43-32-20-8-12-24-36(32)47(42)38-26-14-10-22-34(38)44(41)33-21-9-13-25-37(33)46(39)29-17-5-2-6-18-29/h1-27,45H. The van der Waals surface area contributed by atoms with Crippen LogP contribution in [-0.2, 0) is 0 Å². The van der Waals surface area contributed by atoms with Crippen molar-refractivity contribution in [3.05, 3.63) is 164 Å². The van der Waals surface area contributed by atoms with E-state index < -0.39 is 0 Å². The summed E-state index contributed by atoms with van der Waals surface area (Å²) in [6.07, 6.45) is 0. The van der Waals surface area contributed by atoms with Crippen LogP contribution in [0.1, 0.15) is 0 Å². The molecule has 7 aromatic carbocycles. The lowest BCUT2D eigenvalue weighted by atomic mass is 9.32. The molecule has 47 heavy (non-hydrogen) atoms. The summed E-state index contributed by atoms with van der Waals surface area (Å²) in [6, 6.07) is 59.2. The van der Waals surface area contributed by atoms with Gasteiger partial charge in [0.05, 0.1) is 0 Å². The number of nitrogens with zero attached hydrogens (tertiary/aromatic N) is 2. The molecular weight excluding hydrogens is 568 g/mol. The van der Waals surface area contributed by atoms with Crippen LogP contribution in [-0.4, -0.2) is 14.0 Å². The van der Waals surface area contributed by atoms with Crippen molar-refractivity contribution in [3.63, 3.8) is 0 Å². The van der Waals surface area contributed by atoms with Gasteiger partial charge >= 0.3 is 0 Å². The summed E-state index contributed by atoms with van der Waals surface area (Å²) in [5, 5.41) is 3.74. The molecule has 0 saturated carbocycles. The molecule has 3 heterocycles. The van der Waals surface area contributed by atoms with E-state index in [1.165, 1.54) is 66.9 Å². The summed E-state index contributed by atoms with van der Waals surface area (Å²) in [6.45, 7) is 0.104. The normalized spacial score (nSPS) is 13.1. The fourth-order valence-electron chi connectivity index (χ4n) is 7.94. The van der Waals surface area contributed by atoms with Crippen molar-refractivity contribution < 1.29 is 0 Å². The molecule has 5 heteroatoms. The molecule has 0 aromatic heterocycles. The van der Waals surface area contributed by atoms with Gasteiger partial charge in [-0.15, -0.1) is 0 Å². The van der Waals surface area contributed by atoms with E-state index >= 15 is 0 Å². The second kappa shape index (κ2) is 10.3. The molecule has 1 radical (unpaired) electrons. The van der Waals surface area contributed by atoms with E-state index in [4.69, 9.17) is 0 Å². The molecule has 0 atom stereocenters. The quantitative estimate of drug-likeness (QED) is 0.218. The van der Waals surface area contributed by atoms with Crippen LogP contribution in [0.15, 0.2) is 164 Å². The van der Waals surface area contributed by atoms with Crippen molar-refractivity contribution >= 4 is 86.8 Å². The zero-order valence-corrected chi connectivity index (χ0v) is 25.6. The number of anilines is 8. The first-order valence-corrected chi connectivity index (χ1v) is 16.2. The summed E-state index contributed by atoms with van der Waals surface area (Å²) in [5.41, 5.74) is 18.3. The van der Waals surface area contributed by atoms with Gasteiger partial charge in [0, 0.05) is 51.1 Å². The lowest BCUT2D eigenvalue weighted by Crippen LogP contribution is -2.64. The largest absolute Gasteiger partial charge is 0.355 e. The number of para-hydroxylation sites is 6. The Bertz CT molecular complexity index is 2330. The minimum Gasteiger partial charge on any atom is -0.355 e. The Morgan fingerprint density at radius 1 is 0.489 bits per heavy atom. The second-order valence-electron chi connectivity index (χ2n) is 12.4. The average Bonchev–Trinajstić information content (AvgIpc) is 3.14. The Morgan fingerprint density at radius 2 is 1.09 bits per heavy atom. The SMILES string of the molecule is [B]1c2ccccc2N2c3ccccc3B3c4ccccc4N(c4ccccc4)c4cc(-c5ccccc5Nc5ccccc5)c1c2c43. The number of fused-ring (bicyclic) bond motifs is 7. The molecule has 7 aromatic rings. The van der Waals surface area contributed by atoms with Gasteiger partial charge < -0.3 is 15.1 Å². The number of nitrogens with one attached hydrogen (secondary N) is 1. The topological polar surface area (TPSA) is 18.5 Å². The third-order valence-electron chi connectivity index (χ3n) is 9.85. The highest BCUT2D eigenvalue weighted by Gasteiger charge is 2.46. The van der Waals surface area contributed by atoms with Gasteiger partial charge in [-0.25, -0.2) is 0 Å². The van der Waals surface area contributed by atoms with Gasteiger partial charge in [-0.2, -0.15) is 0 Å². The van der Waals surface area contributed by atoms with Crippen molar-refractivity contribution in [1.29, 1.82) is 0 Å². The molecule has 10 rings (SSSR count). The van der Waals surface area contributed by atoms with Crippen molar-refractivity contribution in [2.45, 2.75) is 0 Å². The number of benzene rings is 7. The van der Waals surface area contributed by atoms with E-state index in [9.17, 15) is 0 Å². The molecule has 0 unspecified atom stereocenters. The summed E-state index contributed by atoms with van der Waals surface area (Å²) >= 11 is 0. The fraction of sp³-hybridized carbons (Fsp3) is 0. The maximum Gasteiger partial charge on any atom is 0.252 e. The molecule has 1 N–H and O–H groups in total. The molecular formula is C42H28B2N3. The van der Waals surface area contributed by atoms with Crippen molar-refractivity contribution in [2.24, 2.45) is 0 Å². The Morgan fingerprint density at radius 3 is 1.85 bits per heavy atom. The van der Waals surface area contributed by atoms with Crippen molar-refractivity contribution in [1.82, 2.24) is 0 Å². The average molecular weight is 596 g/mol. The van der Waals surface area contributed by atoms with Crippen LogP contribution < -0.4 is 42.4 Å². The Balaban J connectivity index is 1.33. The highest BCUT2D eigenvalue weighted by molar-refractivity contribution is 7.01. The van der Waals surface area contributed by atoms with Gasteiger partial charge in [0.2, 0.25) is 0 Å². The summed E-state index contributed by atoms with van der Waals surface area (Å²) < 4.78 is 0. The Hall–Kier alpha value is -5.93. The van der Waals surface area contributed by atoms with Crippen LogP contribution in [0.4, 0.5) is 45.5 Å². The summed E-state index contributed by atoms with van der Waals surface area (Å²) in [7, 11) is 2.41. The number of rotatable bonds is 4. The minimum atomic E-state index is 0.104. The molecule has 0 bridgehead atoms. The zero-order chi connectivity index (χ0) is 30.9. The minimum absolute atomic E-state index is 0.104. The molecule has 3 aliphatic rings. The molecule has 0 amide bonds. The van der Waals surface area contributed by atoms with Crippen LogP contribution in [0.5, 0.6) is 0 Å². The van der Waals surface area contributed by atoms with E-state index in [1.807, 2.05) is 0 Å². The highest BCUT2D eigenvalue weighted by Crippen LogP contribution is 2.46. The first-order chi connectivity index (χ1) is 23.3. The van der Waals surface area contributed by atoms with Gasteiger partial charge in [-0.3, -0.25) is 0 Å². The maximum absolute atomic E-state index is 3.74. The van der Waals surface area contributed by atoms with Gasteiger partial charge in [0.15, 0.2) is 7.28 Å². The smallest absolute Gasteiger partial charge is 0.252 e. The molecule has 0 aliphatic carbocycles. The van der Waals surface area contributed by atoms with Gasteiger partial charge in [0.1, 0.15) is 0 Å². The molecule has 217 valence electrons. The van der Waals surface area contributed by atoms with E-state index in [1.54, 1.807) is 0 Å². The van der Waals surface area contributed by atoms with Crippen LogP contribution in [0.25, 0.3) is 11.1 Å². The third kappa shape index (κ3) is 3.90. The van der Waals surface area contributed by atoms with Crippen LogP contribution in [0, 0.1) is 0 Å². The van der Waals surface area contributed by atoms with Gasteiger partial charge in [0.25, 0.3) is 6.71 Å². The van der Waals surface area contributed by atoms with E-state index in [-0.39, 0.29) is 6.71 Å². The first-order valence-electron chi connectivity index (χ1n) is 16.2. The van der Waals surface area contributed by atoms with Crippen LogP contribution in [0.3, 0.4) is 0 Å². The van der Waals surface area contributed by atoms with Crippen molar-refractivity contribution in [2.75, 3.05) is 15.1 Å². The predicted molar refractivity (Wildman–Crippen MR) is 201 cm³/mol. The van der Waals surface area contributed by atoms with E-state index in [2.05, 4.69) is 186 Å². The van der Waals surface area contributed by atoms with Crippen molar-refractivity contribution in [3.8, 4) is 11.1 Å². The molecule has 0 saturated heterocycles. The highest BCUT2D eigenvalue weighted by atomic mass is 15.2. The molecule has 0 spiro atoms. The second-order valence-corrected chi connectivity index (χ2v) is 12.4. The summed E-state index contributed by atoms with van der Waals surface area (Å²) in [4.78, 5) is 5.01. The molecule has 3 aliphatic heterocycles. The molecule has 3 nitrogen and oxygen atoms in total. The van der Waals surface area contributed by atoms with Crippen LogP contribution >= 0.6 is 0 Å². The van der Waals surface area contributed by atoms with E-state index in [0.717, 1.165) is 17.1 Å². The Labute approximate surface area is 276 Å². The third-order valence-corrected chi connectivity index (χ3v) is 9.85. The number of hydrogen-bond acceptors (Lipinski definition) is 3. The fourth-order valence-corrected chi connectivity index (χ4v) is 7.94. The maximum atomic E-state index is 3.74. The lowest BCUT2D eigenvalue weighted by Gasteiger charge is -2.47.